The van der Waals surface area contributed by atoms with E-state index in [1.165, 1.54) is 11.6 Å². The second-order valence-electron chi connectivity index (χ2n) is 8.34. The molecule has 4 heterocycles. The van der Waals surface area contributed by atoms with E-state index in [0.29, 0.717) is 23.3 Å². The van der Waals surface area contributed by atoms with Crippen molar-refractivity contribution in [2.45, 2.75) is 32.1 Å². The van der Waals surface area contributed by atoms with Crippen molar-refractivity contribution in [3.05, 3.63) is 75.1 Å². The molecular weight excluding hydrogens is 470 g/mol. The minimum absolute atomic E-state index is 0.0934. The maximum Gasteiger partial charge on any atom is 0.332 e. The first-order chi connectivity index (χ1) is 16.8. The van der Waals surface area contributed by atoms with E-state index < -0.39 is 17.0 Å². The first-order valence-corrected chi connectivity index (χ1v) is 11.9. The number of thioether (sulfide) groups is 1. The van der Waals surface area contributed by atoms with Crippen LogP contribution in [-0.4, -0.2) is 40.4 Å². The number of carbonyl (C=O) groups excluding carboxylic acids is 1. The van der Waals surface area contributed by atoms with E-state index in [4.69, 9.17) is 10.2 Å². The number of hydrogen-bond donors (Lipinski definition) is 1. The number of furan rings is 1. The molecule has 0 aliphatic heterocycles. The van der Waals surface area contributed by atoms with Gasteiger partial charge >= 0.3 is 5.69 Å². The fourth-order valence-electron chi connectivity index (χ4n) is 3.59. The zero-order valence-corrected chi connectivity index (χ0v) is 20.4. The third-order valence-corrected chi connectivity index (χ3v) is 6.24. The summed E-state index contributed by atoms with van der Waals surface area (Å²) >= 11 is 1.12. The Bertz CT molecular complexity index is 1450. The molecular formula is C23H25N7O4S. The minimum atomic E-state index is -0.716. The Kier molecular flexibility index (Phi) is 7.01. The summed E-state index contributed by atoms with van der Waals surface area (Å²) in [4.78, 5) is 42.6. The summed E-state index contributed by atoms with van der Waals surface area (Å²) in [5.74, 6) is 0.595. The Morgan fingerprint density at radius 1 is 1.17 bits per heavy atom. The van der Waals surface area contributed by atoms with E-state index in [9.17, 15) is 14.4 Å². The highest BCUT2D eigenvalue weighted by molar-refractivity contribution is 7.99. The maximum atomic E-state index is 13.2. The fraction of sp³-hybridized carbons (Fsp3) is 0.304. The molecule has 12 heteroatoms. The van der Waals surface area contributed by atoms with Gasteiger partial charge in [0.05, 0.1) is 18.6 Å². The third kappa shape index (κ3) is 4.97. The fourth-order valence-corrected chi connectivity index (χ4v) is 4.40. The summed E-state index contributed by atoms with van der Waals surface area (Å²) < 4.78 is 9.48. The van der Waals surface area contributed by atoms with Crippen molar-refractivity contribution >= 4 is 23.4 Å². The van der Waals surface area contributed by atoms with Gasteiger partial charge in [-0.3, -0.25) is 28.3 Å². The van der Waals surface area contributed by atoms with E-state index in [1.807, 2.05) is 30.5 Å². The number of rotatable bonds is 9. The lowest BCUT2D eigenvalue weighted by molar-refractivity contribution is 0.102. The Balaban J connectivity index is 1.66. The number of pyridine rings is 1. The maximum absolute atomic E-state index is 13.2. The molecule has 0 spiro atoms. The van der Waals surface area contributed by atoms with Crippen molar-refractivity contribution in [1.29, 1.82) is 0 Å². The van der Waals surface area contributed by atoms with Crippen LogP contribution in [0, 0.1) is 5.92 Å². The zero-order valence-electron chi connectivity index (χ0n) is 19.5. The molecule has 0 saturated carbocycles. The highest BCUT2D eigenvalue weighted by Gasteiger charge is 2.23. The first kappa shape index (κ1) is 24.2. The Morgan fingerprint density at radius 3 is 2.63 bits per heavy atom. The van der Waals surface area contributed by atoms with Gasteiger partial charge in [0, 0.05) is 31.5 Å². The number of Topliss-reactive ketones (excluding diaryl/α,β-unsaturated/α-hetero) is 1. The summed E-state index contributed by atoms with van der Waals surface area (Å²) in [7, 11) is 1.34. The molecule has 0 aliphatic rings. The van der Waals surface area contributed by atoms with Gasteiger partial charge < -0.3 is 10.2 Å². The van der Waals surface area contributed by atoms with Gasteiger partial charge in [-0.1, -0.05) is 25.6 Å². The Labute approximate surface area is 204 Å². The largest absolute Gasteiger partial charge is 0.467 e. The van der Waals surface area contributed by atoms with Gasteiger partial charge in [-0.25, -0.2) is 4.79 Å². The van der Waals surface area contributed by atoms with Crippen LogP contribution in [0.3, 0.4) is 0 Å². The normalized spacial score (nSPS) is 11.3. The Morgan fingerprint density at radius 2 is 1.97 bits per heavy atom. The van der Waals surface area contributed by atoms with Crippen LogP contribution in [-0.2, 0) is 20.1 Å². The predicted octanol–water partition coefficient (Wildman–Crippen LogP) is 2.05. The van der Waals surface area contributed by atoms with Crippen LogP contribution < -0.4 is 17.0 Å². The van der Waals surface area contributed by atoms with Crippen LogP contribution in [0.2, 0.25) is 0 Å². The second-order valence-corrected chi connectivity index (χ2v) is 9.28. The average Bonchev–Trinajstić information content (AvgIpc) is 3.50. The van der Waals surface area contributed by atoms with Crippen molar-refractivity contribution in [2.75, 3.05) is 11.5 Å². The number of nitrogen functional groups attached to an aromatic ring is 1. The van der Waals surface area contributed by atoms with E-state index in [1.54, 1.807) is 30.8 Å². The molecule has 0 aromatic carbocycles. The van der Waals surface area contributed by atoms with Crippen molar-refractivity contribution in [2.24, 2.45) is 13.0 Å². The smallest absolute Gasteiger partial charge is 0.332 e. The summed E-state index contributed by atoms with van der Waals surface area (Å²) in [6.45, 7) is 4.46. The van der Waals surface area contributed by atoms with Gasteiger partial charge in [0.25, 0.3) is 5.56 Å². The monoisotopic (exact) mass is 495 g/mol. The SMILES string of the molecule is CC(C)Cn1c(N)c(C(=O)CSc2nnc(-c3cccnc3)n2Cc2ccco2)c(=O)n(C)c1=O. The summed E-state index contributed by atoms with van der Waals surface area (Å²) in [5.41, 5.74) is 5.42. The second kappa shape index (κ2) is 10.1. The molecule has 0 bridgehead atoms. The van der Waals surface area contributed by atoms with E-state index in [-0.39, 0.29) is 29.6 Å². The zero-order chi connectivity index (χ0) is 25.1. The van der Waals surface area contributed by atoms with E-state index >= 15 is 0 Å². The van der Waals surface area contributed by atoms with Crippen molar-refractivity contribution in [3.63, 3.8) is 0 Å². The number of hydrogen-bond acceptors (Lipinski definition) is 9. The first-order valence-electron chi connectivity index (χ1n) is 10.9. The van der Waals surface area contributed by atoms with Gasteiger partial charge in [0.2, 0.25) is 0 Å². The molecule has 0 unspecified atom stereocenters. The van der Waals surface area contributed by atoms with Crippen LogP contribution in [0.4, 0.5) is 5.82 Å². The highest BCUT2D eigenvalue weighted by Crippen LogP contribution is 2.25. The predicted molar refractivity (Wildman–Crippen MR) is 131 cm³/mol. The number of anilines is 1. The molecule has 0 amide bonds. The van der Waals surface area contributed by atoms with Crippen LogP contribution in [0.5, 0.6) is 0 Å². The number of carbonyl (C=O) groups is 1. The molecule has 35 heavy (non-hydrogen) atoms. The van der Waals surface area contributed by atoms with Gasteiger partial charge in [0.1, 0.15) is 17.1 Å². The van der Waals surface area contributed by atoms with Gasteiger partial charge in [-0.15, -0.1) is 10.2 Å². The molecule has 182 valence electrons. The topological polar surface area (TPSA) is 144 Å². The molecule has 0 fully saturated rings. The summed E-state index contributed by atoms with van der Waals surface area (Å²) in [6.07, 6.45) is 4.91. The molecule has 2 N–H and O–H groups in total. The number of aromatic nitrogens is 6. The molecule has 4 aromatic heterocycles. The van der Waals surface area contributed by atoms with Gasteiger partial charge in [0.15, 0.2) is 16.8 Å². The lowest BCUT2D eigenvalue weighted by Gasteiger charge is -2.16. The molecule has 4 rings (SSSR count). The number of nitrogens with zero attached hydrogens (tertiary/aromatic N) is 6. The lowest BCUT2D eigenvalue weighted by atomic mass is 10.2. The standard InChI is InChI=1S/C23H25N7O4S/c1-14(2)11-29-19(24)18(21(32)28(3)23(29)33)17(31)13-35-22-27-26-20(15-6-4-8-25-10-15)30(22)12-16-7-5-9-34-16/h4-10,14H,11-13,24H2,1-3H3. The quantitative estimate of drug-likeness (QED) is 0.272. The van der Waals surface area contributed by atoms with Crippen LogP contribution in [0.15, 0.2) is 62.1 Å². The van der Waals surface area contributed by atoms with Crippen LogP contribution in [0.1, 0.15) is 30.0 Å². The summed E-state index contributed by atoms with van der Waals surface area (Å²) in [6, 6.07) is 7.26. The van der Waals surface area contributed by atoms with Crippen molar-refractivity contribution in [1.82, 2.24) is 28.9 Å². The van der Waals surface area contributed by atoms with Crippen LogP contribution >= 0.6 is 11.8 Å². The Hall–Kier alpha value is -3.93. The number of ketones is 1. The molecule has 0 atom stereocenters. The highest BCUT2D eigenvalue weighted by atomic mass is 32.2. The van der Waals surface area contributed by atoms with Gasteiger partial charge in [-0.05, 0) is 30.2 Å². The van der Waals surface area contributed by atoms with Gasteiger partial charge in [-0.2, -0.15) is 0 Å². The lowest BCUT2D eigenvalue weighted by Crippen LogP contribution is -2.43. The molecule has 0 radical (unpaired) electrons. The average molecular weight is 496 g/mol. The van der Waals surface area contributed by atoms with E-state index in [0.717, 1.165) is 21.9 Å². The molecule has 11 nitrogen and oxygen atoms in total. The molecule has 0 saturated heterocycles. The van der Waals surface area contributed by atoms with E-state index in [2.05, 4.69) is 15.2 Å². The molecule has 0 aliphatic carbocycles. The third-order valence-electron chi connectivity index (χ3n) is 5.27. The van der Waals surface area contributed by atoms with Crippen molar-refractivity contribution in [3.8, 4) is 11.4 Å². The van der Waals surface area contributed by atoms with Crippen molar-refractivity contribution < 1.29 is 9.21 Å². The van der Waals surface area contributed by atoms with Crippen LogP contribution in [0.25, 0.3) is 11.4 Å². The minimum Gasteiger partial charge on any atom is -0.467 e. The summed E-state index contributed by atoms with van der Waals surface area (Å²) in [5, 5.41) is 9.00. The number of nitrogens with two attached hydrogens (primary N) is 1. The molecule has 4 aromatic rings.